The van der Waals surface area contributed by atoms with Crippen LogP contribution in [0.4, 0.5) is 4.39 Å². The van der Waals surface area contributed by atoms with Crippen molar-refractivity contribution < 1.29 is 4.39 Å². The van der Waals surface area contributed by atoms with Gasteiger partial charge in [0.05, 0.1) is 0 Å². The highest BCUT2D eigenvalue weighted by molar-refractivity contribution is 8.00. The molecule has 1 aliphatic carbocycles. The summed E-state index contributed by atoms with van der Waals surface area (Å²) in [6, 6.07) is 0.549. The van der Waals surface area contributed by atoms with Crippen molar-refractivity contribution >= 4 is 11.8 Å². The predicted octanol–water partition coefficient (Wildman–Crippen LogP) is 2.75. The van der Waals surface area contributed by atoms with E-state index >= 15 is 0 Å². The molecule has 2 rings (SSSR count). The summed E-state index contributed by atoms with van der Waals surface area (Å²) in [5.74, 6) is 1.23. The van der Waals surface area contributed by atoms with E-state index in [9.17, 15) is 4.39 Å². The molecular weight excluding hydrogens is 197 g/mol. The average Bonchev–Trinajstić information content (AvgIpc) is 2.73. The van der Waals surface area contributed by atoms with Gasteiger partial charge < -0.3 is 5.32 Å². The minimum Gasteiger partial charge on any atom is -0.310 e. The average molecular weight is 217 g/mol. The van der Waals surface area contributed by atoms with Crippen molar-refractivity contribution in [3.63, 3.8) is 0 Å². The highest BCUT2D eigenvalue weighted by atomic mass is 32.2. The van der Waals surface area contributed by atoms with E-state index in [2.05, 4.69) is 12.2 Å². The van der Waals surface area contributed by atoms with Gasteiger partial charge in [-0.1, -0.05) is 19.8 Å². The summed E-state index contributed by atoms with van der Waals surface area (Å²) >= 11 is 2.00. The zero-order chi connectivity index (χ0) is 10.0. The Bertz CT molecular complexity index is 192. The van der Waals surface area contributed by atoms with Gasteiger partial charge in [0.25, 0.3) is 0 Å². The van der Waals surface area contributed by atoms with Gasteiger partial charge in [-0.25, -0.2) is 4.39 Å². The minimum atomic E-state index is -0.882. The second-order valence-electron chi connectivity index (χ2n) is 4.71. The summed E-state index contributed by atoms with van der Waals surface area (Å²) < 4.78 is 14.0. The summed E-state index contributed by atoms with van der Waals surface area (Å²) in [7, 11) is 0. The summed E-state index contributed by atoms with van der Waals surface area (Å²) in [4.78, 5) is 0. The quantitative estimate of drug-likeness (QED) is 0.780. The van der Waals surface area contributed by atoms with Crippen LogP contribution in [0.5, 0.6) is 0 Å². The second kappa shape index (κ2) is 4.40. The van der Waals surface area contributed by atoms with E-state index in [4.69, 9.17) is 0 Å². The first-order valence-electron chi connectivity index (χ1n) is 5.74. The number of hydrogen-bond donors (Lipinski definition) is 1. The van der Waals surface area contributed by atoms with Crippen LogP contribution in [0.1, 0.15) is 39.0 Å². The monoisotopic (exact) mass is 217 g/mol. The fourth-order valence-corrected chi connectivity index (χ4v) is 3.73. The highest BCUT2D eigenvalue weighted by Gasteiger charge is 2.35. The maximum absolute atomic E-state index is 14.0. The molecule has 0 aromatic carbocycles. The Balaban J connectivity index is 1.75. The molecule has 1 nitrogen and oxygen atoms in total. The molecule has 1 aliphatic heterocycles. The molecule has 0 bridgehead atoms. The minimum absolute atomic E-state index is 0.549. The second-order valence-corrected chi connectivity index (χ2v) is 6.20. The van der Waals surface area contributed by atoms with Gasteiger partial charge in [0.2, 0.25) is 0 Å². The molecule has 2 atom stereocenters. The molecular formula is C11H20FNS. The van der Waals surface area contributed by atoms with Crippen LogP contribution >= 0.6 is 11.8 Å². The first-order chi connectivity index (χ1) is 6.70. The van der Waals surface area contributed by atoms with Crippen molar-refractivity contribution in [1.82, 2.24) is 5.32 Å². The molecule has 3 heteroatoms. The van der Waals surface area contributed by atoms with Gasteiger partial charge in [0.15, 0.2) is 0 Å². The molecule has 0 aromatic rings. The van der Waals surface area contributed by atoms with E-state index in [0.717, 1.165) is 25.7 Å². The highest BCUT2D eigenvalue weighted by Crippen LogP contribution is 2.33. The molecule has 82 valence electrons. The fourth-order valence-electron chi connectivity index (χ4n) is 2.50. The number of hydrogen-bond acceptors (Lipinski definition) is 2. The Kier molecular flexibility index (Phi) is 3.38. The largest absolute Gasteiger partial charge is 0.310 e. The Morgan fingerprint density at radius 2 is 2.14 bits per heavy atom. The molecule has 14 heavy (non-hydrogen) atoms. The Labute approximate surface area is 90.2 Å². The van der Waals surface area contributed by atoms with E-state index in [0.29, 0.717) is 17.8 Å². The third-order valence-corrected chi connectivity index (χ3v) is 4.88. The van der Waals surface area contributed by atoms with Crippen LogP contribution < -0.4 is 5.32 Å². The molecule has 1 N–H and O–H groups in total. The van der Waals surface area contributed by atoms with Crippen LogP contribution in [-0.4, -0.2) is 29.3 Å². The molecule has 0 aromatic heterocycles. The first-order valence-corrected chi connectivity index (χ1v) is 6.78. The third kappa shape index (κ3) is 2.43. The third-order valence-electron chi connectivity index (χ3n) is 3.56. The van der Waals surface area contributed by atoms with Crippen molar-refractivity contribution in [2.75, 3.05) is 12.3 Å². The van der Waals surface area contributed by atoms with Crippen LogP contribution in [0.3, 0.4) is 0 Å². The molecule has 1 saturated carbocycles. The van der Waals surface area contributed by atoms with Crippen molar-refractivity contribution in [3.8, 4) is 0 Å². The lowest BCUT2D eigenvalue weighted by Crippen LogP contribution is -2.42. The van der Waals surface area contributed by atoms with Crippen LogP contribution in [0.2, 0.25) is 0 Å². The Hall–Kier alpha value is 0.240. The molecule has 2 fully saturated rings. The summed E-state index contributed by atoms with van der Waals surface area (Å²) in [5, 5.41) is 4.08. The molecule has 0 amide bonds. The van der Waals surface area contributed by atoms with E-state index in [-0.39, 0.29) is 0 Å². The maximum atomic E-state index is 14.0. The van der Waals surface area contributed by atoms with Crippen molar-refractivity contribution in [2.45, 2.75) is 56.0 Å². The number of alkyl halides is 1. The molecule has 0 radical (unpaired) electrons. The first kappa shape index (κ1) is 10.7. The SMILES string of the molecule is CC1SCCC1NCC1(F)CCCC1. The normalized spacial score (nSPS) is 36.4. The van der Waals surface area contributed by atoms with Crippen LogP contribution in [-0.2, 0) is 0 Å². The number of halogens is 1. The van der Waals surface area contributed by atoms with Gasteiger partial charge in [-0.15, -0.1) is 0 Å². The van der Waals surface area contributed by atoms with Crippen LogP contribution in [0.15, 0.2) is 0 Å². The smallest absolute Gasteiger partial charge is 0.123 e. The van der Waals surface area contributed by atoms with E-state index in [1.54, 1.807) is 0 Å². The lowest BCUT2D eigenvalue weighted by Gasteiger charge is -2.24. The zero-order valence-corrected chi connectivity index (χ0v) is 9.71. The van der Waals surface area contributed by atoms with Gasteiger partial charge in [0, 0.05) is 17.8 Å². The molecule has 1 saturated heterocycles. The van der Waals surface area contributed by atoms with Crippen molar-refractivity contribution in [2.24, 2.45) is 0 Å². The van der Waals surface area contributed by atoms with Crippen LogP contribution in [0, 0.1) is 0 Å². The van der Waals surface area contributed by atoms with Gasteiger partial charge >= 0.3 is 0 Å². The summed E-state index contributed by atoms with van der Waals surface area (Å²) in [6.07, 6.45) is 4.91. The van der Waals surface area contributed by atoms with Gasteiger partial charge in [-0.3, -0.25) is 0 Å². The maximum Gasteiger partial charge on any atom is 0.123 e. The fraction of sp³-hybridized carbons (Fsp3) is 1.00. The lowest BCUT2D eigenvalue weighted by atomic mass is 10.0. The standard InChI is InChI=1S/C11H20FNS/c1-9-10(4-7-14-9)13-8-11(12)5-2-3-6-11/h9-10,13H,2-8H2,1H3. The van der Waals surface area contributed by atoms with Gasteiger partial charge in [-0.05, 0) is 25.0 Å². The molecule has 0 spiro atoms. The number of thioether (sulfide) groups is 1. The molecule has 2 aliphatic rings. The van der Waals surface area contributed by atoms with Gasteiger partial charge in [-0.2, -0.15) is 11.8 Å². The summed E-state index contributed by atoms with van der Waals surface area (Å²) in [5.41, 5.74) is -0.882. The zero-order valence-electron chi connectivity index (χ0n) is 8.89. The van der Waals surface area contributed by atoms with E-state index < -0.39 is 5.67 Å². The molecule has 1 heterocycles. The van der Waals surface area contributed by atoms with Crippen molar-refractivity contribution in [3.05, 3.63) is 0 Å². The van der Waals surface area contributed by atoms with Crippen molar-refractivity contribution in [1.29, 1.82) is 0 Å². The van der Waals surface area contributed by atoms with E-state index in [1.807, 2.05) is 11.8 Å². The number of rotatable bonds is 3. The topological polar surface area (TPSA) is 12.0 Å². The number of nitrogens with one attached hydrogen (secondary N) is 1. The van der Waals surface area contributed by atoms with Gasteiger partial charge in [0.1, 0.15) is 5.67 Å². The Morgan fingerprint density at radius 3 is 2.71 bits per heavy atom. The lowest BCUT2D eigenvalue weighted by molar-refractivity contribution is 0.162. The van der Waals surface area contributed by atoms with Crippen LogP contribution in [0.25, 0.3) is 0 Å². The predicted molar refractivity (Wildman–Crippen MR) is 60.6 cm³/mol. The Morgan fingerprint density at radius 1 is 1.43 bits per heavy atom. The molecule has 2 unspecified atom stereocenters. The van der Waals surface area contributed by atoms with E-state index in [1.165, 1.54) is 12.2 Å². The summed E-state index contributed by atoms with van der Waals surface area (Å²) in [6.45, 7) is 2.83.